The van der Waals surface area contributed by atoms with Crippen LogP contribution in [0.25, 0.3) is 0 Å². The first-order valence-corrected chi connectivity index (χ1v) is 6.64. The molecule has 0 saturated heterocycles. The van der Waals surface area contributed by atoms with Crippen molar-refractivity contribution in [2.24, 2.45) is 0 Å². The molecule has 0 radical (unpaired) electrons. The molecule has 18 heavy (non-hydrogen) atoms. The fraction of sp³-hybridized carbons (Fsp3) is 0.571. The van der Waals surface area contributed by atoms with E-state index in [1.807, 2.05) is 13.1 Å². The number of amides is 1. The first kappa shape index (κ1) is 14.5. The van der Waals surface area contributed by atoms with E-state index >= 15 is 0 Å². The van der Waals surface area contributed by atoms with E-state index in [1.165, 1.54) is 0 Å². The van der Waals surface area contributed by atoms with Crippen molar-refractivity contribution >= 4 is 11.6 Å². The molecule has 1 aromatic heterocycles. The summed E-state index contributed by atoms with van der Waals surface area (Å²) in [6, 6.07) is 3.69. The summed E-state index contributed by atoms with van der Waals surface area (Å²) in [4.78, 5) is 18.0. The fourth-order valence-electron chi connectivity index (χ4n) is 1.59. The van der Waals surface area contributed by atoms with Gasteiger partial charge in [0.2, 0.25) is 0 Å². The summed E-state index contributed by atoms with van der Waals surface area (Å²) in [6.45, 7) is 5.93. The Hall–Kier alpha value is -1.58. The Morgan fingerprint density at radius 1 is 1.33 bits per heavy atom. The van der Waals surface area contributed by atoms with E-state index in [2.05, 4.69) is 24.1 Å². The van der Waals surface area contributed by atoms with E-state index in [4.69, 9.17) is 0 Å². The highest BCUT2D eigenvalue weighted by Crippen LogP contribution is 2.08. The molecule has 0 aliphatic carbocycles. The van der Waals surface area contributed by atoms with Crippen molar-refractivity contribution in [1.82, 2.24) is 9.88 Å². The van der Waals surface area contributed by atoms with Gasteiger partial charge in [0.05, 0.1) is 11.9 Å². The van der Waals surface area contributed by atoms with Crippen molar-refractivity contribution in [1.29, 1.82) is 0 Å². The first-order valence-electron chi connectivity index (χ1n) is 6.64. The van der Waals surface area contributed by atoms with Gasteiger partial charge in [-0.05, 0) is 25.0 Å². The van der Waals surface area contributed by atoms with Crippen LogP contribution in [0, 0.1) is 0 Å². The van der Waals surface area contributed by atoms with Crippen molar-refractivity contribution in [3.05, 3.63) is 24.0 Å². The van der Waals surface area contributed by atoms with Crippen molar-refractivity contribution in [2.45, 2.75) is 33.1 Å². The maximum absolute atomic E-state index is 12.0. The number of carbonyl (C=O) groups excluding carboxylic acids is 1. The summed E-state index contributed by atoms with van der Waals surface area (Å²) < 4.78 is 0. The molecule has 1 heterocycles. The normalized spacial score (nSPS) is 10.2. The highest BCUT2D eigenvalue weighted by atomic mass is 16.2. The van der Waals surface area contributed by atoms with E-state index < -0.39 is 0 Å². The Bertz CT molecular complexity index is 362. The fourth-order valence-corrected chi connectivity index (χ4v) is 1.59. The Kier molecular flexibility index (Phi) is 6.19. The number of hydrogen-bond acceptors (Lipinski definition) is 3. The van der Waals surface area contributed by atoms with Crippen molar-refractivity contribution in [2.75, 3.05) is 25.5 Å². The monoisotopic (exact) mass is 249 g/mol. The number of hydrogen-bond donors (Lipinski definition) is 1. The summed E-state index contributed by atoms with van der Waals surface area (Å²) in [5, 5.41) is 3.24. The summed E-state index contributed by atoms with van der Waals surface area (Å²) >= 11 is 0. The zero-order valence-electron chi connectivity index (χ0n) is 11.6. The van der Waals surface area contributed by atoms with Crippen LogP contribution >= 0.6 is 0 Å². The van der Waals surface area contributed by atoms with Crippen LogP contribution in [0.4, 0.5) is 5.69 Å². The van der Waals surface area contributed by atoms with Gasteiger partial charge in [-0.15, -0.1) is 0 Å². The molecular weight excluding hydrogens is 226 g/mol. The van der Waals surface area contributed by atoms with Gasteiger partial charge in [0.15, 0.2) is 0 Å². The van der Waals surface area contributed by atoms with Crippen LogP contribution in [0.1, 0.15) is 43.6 Å². The van der Waals surface area contributed by atoms with Gasteiger partial charge in [0.1, 0.15) is 5.69 Å². The third-order valence-corrected chi connectivity index (χ3v) is 2.76. The molecule has 0 bridgehead atoms. The Labute approximate surface area is 109 Å². The van der Waals surface area contributed by atoms with Gasteiger partial charge in [-0.2, -0.15) is 0 Å². The minimum Gasteiger partial charge on any atom is -0.384 e. The van der Waals surface area contributed by atoms with Crippen LogP contribution in [0.5, 0.6) is 0 Å². The smallest absolute Gasteiger partial charge is 0.272 e. The minimum atomic E-state index is -0.00880. The molecular formula is C14H23N3O. The largest absolute Gasteiger partial charge is 0.384 e. The highest BCUT2D eigenvalue weighted by molar-refractivity contribution is 5.92. The summed E-state index contributed by atoms with van der Waals surface area (Å²) in [5.41, 5.74) is 1.47. The molecule has 4 heteroatoms. The number of nitrogens with one attached hydrogen (secondary N) is 1. The lowest BCUT2D eigenvalue weighted by Gasteiger charge is -2.16. The molecule has 0 aliphatic rings. The van der Waals surface area contributed by atoms with Gasteiger partial charge >= 0.3 is 0 Å². The van der Waals surface area contributed by atoms with Gasteiger partial charge in [0, 0.05) is 20.1 Å². The number of anilines is 1. The van der Waals surface area contributed by atoms with Crippen LogP contribution in [0.2, 0.25) is 0 Å². The van der Waals surface area contributed by atoms with E-state index in [0.29, 0.717) is 5.69 Å². The van der Waals surface area contributed by atoms with Gasteiger partial charge in [-0.1, -0.05) is 20.3 Å². The molecule has 0 atom stereocenters. The minimum absolute atomic E-state index is 0.00880. The van der Waals surface area contributed by atoms with E-state index in [9.17, 15) is 4.79 Å². The molecule has 0 aliphatic heterocycles. The number of nitrogens with zero attached hydrogens (tertiary/aromatic N) is 2. The van der Waals surface area contributed by atoms with E-state index in [0.717, 1.165) is 38.0 Å². The Morgan fingerprint density at radius 3 is 2.67 bits per heavy atom. The lowest BCUT2D eigenvalue weighted by molar-refractivity contribution is 0.0787. The lowest BCUT2D eigenvalue weighted by atomic mass is 10.2. The molecule has 0 saturated carbocycles. The van der Waals surface area contributed by atoms with Gasteiger partial charge in [-0.25, -0.2) is 4.98 Å². The third-order valence-electron chi connectivity index (χ3n) is 2.76. The maximum Gasteiger partial charge on any atom is 0.272 e. The summed E-state index contributed by atoms with van der Waals surface area (Å²) in [5.74, 6) is -0.00880. The molecule has 1 rings (SSSR count). The molecule has 1 N–H and O–H groups in total. The van der Waals surface area contributed by atoms with Gasteiger partial charge in [0.25, 0.3) is 5.91 Å². The van der Waals surface area contributed by atoms with Gasteiger partial charge in [-0.3, -0.25) is 4.79 Å². The van der Waals surface area contributed by atoms with Gasteiger partial charge < -0.3 is 10.2 Å². The average molecular weight is 249 g/mol. The molecule has 0 fully saturated rings. The molecule has 0 unspecified atom stereocenters. The van der Waals surface area contributed by atoms with E-state index in [-0.39, 0.29) is 5.91 Å². The molecule has 0 aromatic carbocycles. The molecule has 0 spiro atoms. The van der Waals surface area contributed by atoms with Crippen molar-refractivity contribution < 1.29 is 4.79 Å². The third kappa shape index (κ3) is 4.35. The number of unbranched alkanes of at least 4 members (excludes halogenated alkanes) is 1. The number of pyridine rings is 1. The second-order valence-electron chi connectivity index (χ2n) is 4.44. The topological polar surface area (TPSA) is 45.2 Å². The van der Waals surface area contributed by atoms with Crippen molar-refractivity contribution in [3.8, 4) is 0 Å². The zero-order chi connectivity index (χ0) is 13.4. The summed E-state index contributed by atoms with van der Waals surface area (Å²) in [7, 11) is 1.82. The zero-order valence-corrected chi connectivity index (χ0v) is 11.6. The van der Waals surface area contributed by atoms with Crippen LogP contribution in [0.15, 0.2) is 18.3 Å². The lowest BCUT2D eigenvalue weighted by Crippen LogP contribution is -2.28. The predicted molar refractivity (Wildman–Crippen MR) is 74.9 cm³/mol. The molecule has 4 nitrogen and oxygen atoms in total. The highest BCUT2D eigenvalue weighted by Gasteiger charge is 2.11. The van der Waals surface area contributed by atoms with Crippen LogP contribution in [-0.2, 0) is 0 Å². The van der Waals surface area contributed by atoms with Crippen LogP contribution in [-0.4, -0.2) is 35.9 Å². The maximum atomic E-state index is 12.0. The summed E-state index contributed by atoms with van der Waals surface area (Å²) in [6.07, 6.45) is 4.90. The Balaban J connectivity index is 2.58. The van der Waals surface area contributed by atoms with E-state index in [1.54, 1.807) is 17.2 Å². The Morgan fingerprint density at radius 2 is 2.11 bits per heavy atom. The second kappa shape index (κ2) is 7.69. The van der Waals surface area contributed by atoms with Crippen molar-refractivity contribution in [3.63, 3.8) is 0 Å². The first-order chi connectivity index (χ1) is 8.69. The number of aromatic nitrogens is 1. The number of rotatable bonds is 7. The SMILES string of the molecule is CCCCN(C)C(=O)c1ccc(NCCC)cn1. The molecule has 100 valence electrons. The van der Waals surface area contributed by atoms with Crippen LogP contribution < -0.4 is 5.32 Å². The molecule has 1 amide bonds. The average Bonchev–Trinajstić information content (AvgIpc) is 2.42. The van der Waals surface area contributed by atoms with Crippen LogP contribution in [0.3, 0.4) is 0 Å². The molecule has 1 aromatic rings. The second-order valence-corrected chi connectivity index (χ2v) is 4.44. The predicted octanol–water partition coefficient (Wildman–Crippen LogP) is 2.78. The number of carbonyl (C=O) groups is 1. The standard InChI is InChI=1S/C14H23N3O/c1-4-6-10-17(3)14(18)13-8-7-12(11-16-13)15-9-5-2/h7-8,11,15H,4-6,9-10H2,1-3H3. The quantitative estimate of drug-likeness (QED) is 0.808.